The molecule has 0 aromatic heterocycles. The third-order valence-corrected chi connectivity index (χ3v) is 7.00. The molecule has 0 heterocycles. The highest BCUT2D eigenvalue weighted by Gasteiger charge is 2.16. The molecule has 10 heteroatoms. The quantitative estimate of drug-likeness (QED) is 0.612. The molecule has 0 saturated heterocycles. The van der Waals surface area contributed by atoms with Gasteiger partial charge in [-0.1, -0.05) is 23.7 Å². The summed E-state index contributed by atoms with van der Waals surface area (Å²) in [5.74, 6) is 0.297. The SMILES string of the molecule is CN(C)S(=O)(=O)c1ccc(OCCNS(=O)(=O)Cc2ccc(Cl)cc2)cc1. The molecule has 0 aliphatic carbocycles. The van der Waals surface area contributed by atoms with Crippen LogP contribution in [0.5, 0.6) is 5.75 Å². The van der Waals surface area contributed by atoms with Crippen LogP contribution in [0.3, 0.4) is 0 Å². The van der Waals surface area contributed by atoms with Crippen LogP contribution in [-0.4, -0.2) is 48.4 Å². The summed E-state index contributed by atoms with van der Waals surface area (Å²) in [4.78, 5) is 0.156. The summed E-state index contributed by atoms with van der Waals surface area (Å²) in [6.45, 7) is 0.202. The number of sulfonamides is 2. The molecule has 0 radical (unpaired) electrons. The molecule has 2 aromatic rings. The van der Waals surface area contributed by atoms with Crippen molar-refractivity contribution < 1.29 is 21.6 Å². The Bertz CT molecular complexity index is 957. The lowest BCUT2D eigenvalue weighted by molar-refractivity contribution is 0.322. The van der Waals surface area contributed by atoms with Gasteiger partial charge in [0.05, 0.1) is 10.6 Å². The number of nitrogens with zero attached hydrogens (tertiary/aromatic N) is 1. The molecule has 0 saturated carbocycles. The van der Waals surface area contributed by atoms with Crippen molar-refractivity contribution in [3.8, 4) is 5.75 Å². The Kier molecular flexibility index (Phi) is 7.24. The molecule has 0 unspecified atom stereocenters. The van der Waals surface area contributed by atoms with Gasteiger partial charge in [-0.05, 0) is 42.0 Å². The summed E-state index contributed by atoms with van der Waals surface area (Å²) >= 11 is 5.78. The van der Waals surface area contributed by atoms with E-state index in [0.29, 0.717) is 16.3 Å². The Morgan fingerprint density at radius 1 is 0.963 bits per heavy atom. The summed E-state index contributed by atoms with van der Waals surface area (Å²) in [5.41, 5.74) is 0.630. The van der Waals surface area contributed by atoms with Gasteiger partial charge in [0.2, 0.25) is 20.0 Å². The number of hydrogen-bond acceptors (Lipinski definition) is 5. The molecule has 0 spiro atoms. The first-order chi connectivity index (χ1) is 12.6. The Morgan fingerprint density at radius 3 is 2.11 bits per heavy atom. The summed E-state index contributed by atoms with van der Waals surface area (Å²) < 4.78 is 57.1. The van der Waals surface area contributed by atoms with Crippen molar-refractivity contribution in [2.75, 3.05) is 27.2 Å². The highest BCUT2D eigenvalue weighted by atomic mass is 35.5. The molecule has 1 N–H and O–H groups in total. The first-order valence-corrected chi connectivity index (χ1v) is 11.4. The molecule has 0 bridgehead atoms. The van der Waals surface area contributed by atoms with Crippen molar-refractivity contribution in [3.63, 3.8) is 0 Å². The van der Waals surface area contributed by atoms with E-state index in [1.54, 1.807) is 24.3 Å². The lowest BCUT2D eigenvalue weighted by Gasteiger charge is -2.12. The first kappa shape index (κ1) is 21.6. The van der Waals surface area contributed by atoms with Gasteiger partial charge < -0.3 is 4.74 Å². The summed E-state index contributed by atoms with van der Waals surface area (Å²) in [6.07, 6.45) is 0. The maximum Gasteiger partial charge on any atom is 0.242 e. The van der Waals surface area contributed by atoms with Crippen LogP contribution in [0.1, 0.15) is 5.56 Å². The minimum atomic E-state index is -3.50. The summed E-state index contributed by atoms with van der Waals surface area (Å²) in [7, 11) is -4.08. The molecule has 0 amide bonds. The van der Waals surface area contributed by atoms with Crippen LogP contribution in [0.15, 0.2) is 53.4 Å². The average molecular weight is 433 g/mol. The van der Waals surface area contributed by atoms with Gasteiger partial charge in [-0.15, -0.1) is 0 Å². The van der Waals surface area contributed by atoms with E-state index < -0.39 is 20.0 Å². The smallest absolute Gasteiger partial charge is 0.242 e. The predicted molar refractivity (Wildman–Crippen MR) is 105 cm³/mol. The molecule has 27 heavy (non-hydrogen) atoms. The Morgan fingerprint density at radius 2 is 1.56 bits per heavy atom. The lowest BCUT2D eigenvalue weighted by Crippen LogP contribution is -2.29. The fraction of sp³-hybridized carbons (Fsp3) is 0.294. The van der Waals surface area contributed by atoms with Crippen LogP contribution in [0, 0.1) is 0 Å². The zero-order valence-corrected chi connectivity index (χ0v) is 17.3. The Labute approximate surface area is 165 Å². The van der Waals surface area contributed by atoms with Crippen LogP contribution in [0.25, 0.3) is 0 Å². The van der Waals surface area contributed by atoms with Gasteiger partial charge >= 0.3 is 0 Å². The largest absolute Gasteiger partial charge is 0.492 e. The summed E-state index contributed by atoms with van der Waals surface area (Å²) in [6, 6.07) is 12.5. The minimum absolute atomic E-state index is 0.0909. The van der Waals surface area contributed by atoms with Crippen molar-refractivity contribution in [1.82, 2.24) is 9.03 Å². The number of benzene rings is 2. The van der Waals surface area contributed by atoms with E-state index in [1.807, 2.05) is 0 Å². The van der Waals surface area contributed by atoms with Crippen molar-refractivity contribution >= 4 is 31.6 Å². The highest BCUT2D eigenvalue weighted by Crippen LogP contribution is 2.18. The fourth-order valence-electron chi connectivity index (χ4n) is 2.14. The zero-order valence-electron chi connectivity index (χ0n) is 14.9. The lowest BCUT2D eigenvalue weighted by atomic mass is 10.2. The van der Waals surface area contributed by atoms with Gasteiger partial charge in [0.15, 0.2) is 0 Å². The van der Waals surface area contributed by atoms with Crippen molar-refractivity contribution in [2.24, 2.45) is 0 Å². The monoisotopic (exact) mass is 432 g/mol. The normalized spacial score (nSPS) is 12.3. The Hall–Kier alpha value is -1.65. The molecule has 0 aliphatic rings. The van der Waals surface area contributed by atoms with E-state index in [9.17, 15) is 16.8 Å². The van der Waals surface area contributed by atoms with Gasteiger partial charge in [0, 0.05) is 25.7 Å². The van der Waals surface area contributed by atoms with Crippen LogP contribution in [0.4, 0.5) is 0 Å². The van der Waals surface area contributed by atoms with E-state index in [-0.39, 0.29) is 23.8 Å². The fourth-order valence-corrected chi connectivity index (χ4v) is 4.29. The van der Waals surface area contributed by atoms with Gasteiger partial charge in [0.1, 0.15) is 12.4 Å². The van der Waals surface area contributed by atoms with E-state index in [4.69, 9.17) is 16.3 Å². The average Bonchev–Trinajstić information content (AvgIpc) is 2.61. The van der Waals surface area contributed by atoms with Crippen LogP contribution in [-0.2, 0) is 25.8 Å². The maximum absolute atomic E-state index is 12.0. The summed E-state index contributed by atoms with van der Waals surface area (Å²) in [5, 5.41) is 0.543. The molecule has 148 valence electrons. The maximum atomic E-state index is 12.0. The van der Waals surface area contributed by atoms with E-state index in [1.165, 1.54) is 38.4 Å². The zero-order chi connectivity index (χ0) is 20.1. The molecular weight excluding hydrogens is 412 g/mol. The first-order valence-electron chi connectivity index (χ1n) is 7.97. The van der Waals surface area contributed by atoms with Crippen LogP contribution in [0.2, 0.25) is 5.02 Å². The number of nitrogens with one attached hydrogen (secondary N) is 1. The molecule has 0 atom stereocenters. The minimum Gasteiger partial charge on any atom is -0.492 e. The molecular formula is C17H21ClN2O5S2. The van der Waals surface area contributed by atoms with Gasteiger partial charge in [-0.25, -0.2) is 25.9 Å². The number of ether oxygens (including phenoxy) is 1. The van der Waals surface area contributed by atoms with Crippen molar-refractivity contribution in [3.05, 3.63) is 59.1 Å². The Balaban J connectivity index is 1.83. The molecule has 7 nitrogen and oxygen atoms in total. The third-order valence-electron chi connectivity index (χ3n) is 3.57. The molecule has 2 aromatic carbocycles. The predicted octanol–water partition coefficient (Wildman–Crippen LogP) is 2.09. The van der Waals surface area contributed by atoms with Gasteiger partial charge in [-0.2, -0.15) is 0 Å². The van der Waals surface area contributed by atoms with Gasteiger partial charge in [0.25, 0.3) is 0 Å². The van der Waals surface area contributed by atoms with Crippen molar-refractivity contribution in [2.45, 2.75) is 10.6 Å². The second-order valence-corrected chi connectivity index (χ2v) is 10.3. The topological polar surface area (TPSA) is 92.8 Å². The molecule has 0 fully saturated rings. The second kappa shape index (κ2) is 9.03. The highest BCUT2D eigenvalue weighted by molar-refractivity contribution is 7.89. The molecule has 0 aliphatic heterocycles. The molecule has 2 rings (SSSR count). The standard InChI is InChI=1S/C17H21ClN2O5S2/c1-20(2)27(23,24)17-9-7-16(8-10-17)25-12-11-19-26(21,22)13-14-3-5-15(18)6-4-14/h3-10,19H,11-13H2,1-2H3. The number of halogens is 1. The second-order valence-electron chi connectivity index (χ2n) is 5.89. The van der Waals surface area contributed by atoms with E-state index in [2.05, 4.69) is 4.72 Å². The van der Waals surface area contributed by atoms with Crippen LogP contribution < -0.4 is 9.46 Å². The van der Waals surface area contributed by atoms with Gasteiger partial charge in [-0.3, -0.25) is 0 Å². The van der Waals surface area contributed by atoms with Crippen LogP contribution >= 0.6 is 11.6 Å². The van der Waals surface area contributed by atoms with Crippen molar-refractivity contribution in [1.29, 1.82) is 0 Å². The third kappa shape index (κ3) is 6.47. The number of rotatable bonds is 9. The number of hydrogen-bond donors (Lipinski definition) is 1. The van der Waals surface area contributed by atoms with E-state index >= 15 is 0 Å². The van der Waals surface area contributed by atoms with E-state index in [0.717, 1.165) is 4.31 Å².